The summed E-state index contributed by atoms with van der Waals surface area (Å²) in [5, 5.41) is 9.97. The Hall–Kier alpha value is -1.79. The Bertz CT molecular complexity index is 537. The van der Waals surface area contributed by atoms with E-state index < -0.39 is 0 Å². The van der Waals surface area contributed by atoms with Crippen molar-refractivity contribution >= 4 is 10.9 Å². The number of fused-ring (bicyclic) bond motifs is 1. The number of aryl methyl sites for hydroxylation is 1. The Kier molecular flexibility index (Phi) is 3.79. The first kappa shape index (κ1) is 11.7. The highest BCUT2D eigenvalue weighted by Crippen LogP contribution is 2.18. The summed E-state index contributed by atoms with van der Waals surface area (Å²) in [5.41, 5.74) is 1.91. The van der Waals surface area contributed by atoms with Crippen LogP contribution in [0.4, 0.5) is 0 Å². The number of nitrogens with zero attached hydrogens (tertiary/aromatic N) is 2. The van der Waals surface area contributed by atoms with Crippen molar-refractivity contribution in [2.45, 2.75) is 19.4 Å². The van der Waals surface area contributed by atoms with Gasteiger partial charge in [-0.15, -0.1) is 0 Å². The van der Waals surface area contributed by atoms with Gasteiger partial charge in [0.15, 0.2) is 0 Å². The maximum Gasteiger partial charge on any atom is 0.0991 e. The SMILES string of the molecule is COCCCCn1ccc2cc(C#N)ccc21. The summed E-state index contributed by atoms with van der Waals surface area (Å²) in [6.45, 7) is 1.82. The summed E-state index contributed by atoms with van der Waals surface area (Å²) in [7, 11) is 1.73. The molecule has 0 saturated carbocycles. The van der Waals surface area contributed by atoms with Crippen molar-refractivity contribution in [1.82, 2.24) is 4.57 Å². The first-order valence-corrected chi connectivity index (χ1v) is 5.83. The minimum Gasteiger partial charge on any atom is -0.385 e. The lowest BCUT2D eigenvalue weighted by Gasteiger charge is -2.05. The number of nitriles is 1. The van der Waals surface area contributed by atoms with Crippen LogP contribution in [0, 0.1) is 11.3 Å². The molecule has 0 N–H and O–H groups in total. The van der Waals surface area contributed by atoms with E-state index in [1.54, 1.807) is 7.11 Å². The maximum atomic E-state index is 8.83. The average molecular weight is 228 g/mol. The highest BCUT2D eigenvalue weighted by molar-refractivity contribution is 5.81. The predicted octanol–water partition coefficient (Wildman–Crippen LogP) is 2.94. The number of benzene rings is 1. The fourth-order valence-electron chi connectivity index (χ4n) is 1.99. The molecule has 3 heteroatoms. The van der Waals surface area contributed by atoms with Gasteiger partial charge in [-0.1, -0.05) is 0 Å². The second-order valence-electron chi connectivity index (χ2n) is 4.09. The van der Waals surface area contributed by atoms with Crippen LogP contribution in [-0.2, 0) is 11.3 Å². The Labute approximate surface area is 101 Å². The number of unbranched alkanes of at least 4 members (excludes halogenated alkanes) is 1. The van der Waals surface area contributed by atoms with Crippen LogP contribution in [-0.4, -0.2) is 18.3 Å². The van der Waals surface area contributed by atoms with Crippen LogP contribution in [0.2, 0.25) is 0 Å². The van der Waals surface area contributed by atoms with E-state index in [0.717, 1.165) is 36.9 Å². The summed E-state index contributed by atoms with van der Waals surface area (Å²) in [6, 6.07) is 10.0. The molecule has 0 radical (unpaired) electrons. The monoisotopic (exact) mass is 228 g/mol. The molecule has 1 heterocycles. The van der Waals surface area contributed by atoms with Crippen LogP contribution >= 0.6 is 0 Å². The number of methoxy groups -OCH3 is 1. The van der Waals surface area contributed by atoms with E-state index in [1.165, 1.54) is 5.52 Å². The van der Waals surface area contributed by atoms with Gasteiger partial charge in [-0.2, -0.15) is 5.26 Å². The van der Waals surface area contributed by atoms with Gasteiger partial charge in [0, 0.05) is 37.4 Å². The van der Waals surface area contributed by atoms with Gasteiger partial charge < -0.3 is 9.30 Å². The summed E-state index contributed by atoms with van der Waals surface area (Å²) < 4.78 is 7.26. The van der Waals surface area contributed by atoms with Crippen LogP contribution in [0.5, 0.6) is 0 Å². The third-order valence-corrected chi connectivity index (χ3v) is 2.90. The van der Waals surface area contributed by atoms with E-state index in [1.807, 2.05) is 18.2 Å². The molecule has 3 nitrogen and oxygen atoms in total. The van der Waals surface area contributed by atoms with E-state index in [2.05, 4.69) is 22.9 Å². The largest absolute Gasteiger partial charge is 0.385 e. The van der Waals surface area contributed by atoms with Crippen molar-refractivity contribution < 1.29 is 4.74 Å². The minimum absolute atomic E-state index is 0.717. The maximum absolute atomic E-state index is 8.83. The smallest absolute Gasteiger partial charge is 0.0991 e. The van der Waals surface area contributed by atoms with Crippen molar-refractivity contribution in [2.24, 2.45) is 0 Å². The topological polar surface area (TPSA) is 38.0 Å². The molecule has 0 aliphatic carbocycles. The number of aromatic nitrogens is 1. The first-order chi connectivity index (χ1) is 8.35. The standard InChI is InChI=1S/C14H16N2O/c1-17-9-3-2-7-16-8-6-13-10-12(11-15)4-5-14(13)16/h4-6,8,10H,2-3,7,9H2,1H3. The molecule has 1 aromatic heterocycles. The lowest BCUT2D eigenvalue weighted by molar-refractivity contribution is 0.191. The molecule has 2 rings (SSSR count). The van der Waals surface area contributed by atoms with Gasteiger partial charge in [-0.3, -0.25) is 0 Å². The Balaban J connectivity index is 2.11. The zero-order chi connectivity index (χ0) is 12.1. The lowest BCUT2D eigenvalue weighted by Crippen LogP contribution is -1.98. The summed E-state index contributed by atoms with van der Waals surface area (Å²) in [6.07, 6.45) is 4.27. The van der Waals surface area contributed by atoms with Crippen molar-refractivity contribution in [3.8, 4) is 6.07 Å². The molecule has 0 unspecified atom stereocenters. The molecular formula is C14H16N2O. The summed E-state index contributed by atoms with van der Waals surface area (Å²) >= 11 is 0. The quantitative estimate of drug-likeness (QED) is 0.738. The molecule has 0 fully saturated rings. The average Bonchev–Trinajstić information content (AvgIpc) is 2.77. The zero-order valence-electron chi connectivity index (χ0n) is 10.0. The molecule has 88 valence electrons. The lowest BCUT2D eigenvalue weighted by atomic mass is 10.2. The summed E-state index contributed by atoms with van der Waals surface area (Å²) in [4.78, 5) is 0. The molecule has 0 aliphatic heterocycles. The third-order valence-electron chi connectivity index (χ3n) is 2.90. The van der Waals surface area contributed by atoms with Crippen molar-refractivity contribution in [2.75, 3.05) is 13.7 Å². The van der Waals surface area contributed by atoms with Gasteiger partial charge in [0.1, 0.15) is 0 Å². The van der Waals surface area contributed by atoms with E-state index in [9.17, 15) is 0 Å². The van der Waals surface area contributed by atoms with Crippen LogP contribution in [0.25, 0.3) is 10.9 Å². The molecule has 0 amide bonds. The zero-order valence-corrected chi connectivity index (χ0v) is 10.0. The van der Waals surface area contributed by atoms with Gasteiger partial charge in [0.2, 0.25) is 0 Å². The normalized spacial score (nSPS) is 10.6. The molecule has 0 aliphatic rings. The van der Waals surface area contributed by atoms with E-state index in [4.69, 9.17) is 10.00 Å². The van der Waals surface area contributed by atoms with Crippen LogP contribution in [0.15, 0.2) is 30.5 Å². The van der Waals surface area contributed by atoms with E-state index >= 15 is 0 Å². The third kappa shape index (κ3) is 2.66. The van der Waals surface area contributed by atoms with Gasteiger partial charge in [-0.05, 0) is 37.1 Å². The highest BCUT2D eigenvalue weighted by atomic mass is 16.5. The molecule has 0 spiro atoms. The van der Waals surface area contributed by atoms with Gasteiger partial charge in [0.05, 0.1) is 11.6 Å². The number of hydrogen-bond acceptors (Lipinski definition) is 2. The number of ether oxygens (including phenoxy) is 1. The molecule has 0 saturated heterocycles. The van der Waals surface area contributed by atoms with Gasteiger partial charge in [-0.25, -0.2) is 0 Å². The molecule has 0 bridgehead atoms. The fraction of sp³-hybridized carbons (Fsp3) is 0.357. The first-order valence-electron chi connectivity index (χ1n) is 5.83. The minimum atomic E-state index is 0.717. The predicted molar refractivity (Wildman–Crippen MR) is 67.8 cm³/mol. The highest BCUT2D eigenvalue weighted by Gasteiger charge is 2.01. The number of hydrogen-bond donors (Lipinski definition) is 0. The van der Waals surface area contributed by atoms with Crippen molar-refractivity contribution in [3.63, 3.8) is 0 Å². The summed E-state index contributed by atoms with van der Waals surface area (Å²) in [5.74, 6) is 0. The van der Waals surface area contributed by atoms with Crippen molar-refractivity contribution in [3.05, 3.63) is 36.0 Å². The Morgan fingerprint density at radius 3 is 2.94 bits per heavy atom. The van der Waals surface area contributed by atoms with E-state index in [0.29, 0.717) is 0 Å². The Morgan fingerprint density at radius 1 is 1.29 bits per heavy atom. The van der Waals surface area contributed by atoms with Crippen LogP contribution in [0.1, 0.15) is 18.4 Å². The molecule has 0 atom stereocenters. The Morgan fingerprint density at radius 2 is 2.18 bits per heavy atom. The fourth-order valence-corrected chi connectivity index (χ4v) is 1.99. The molecule has 2 aromatic rings. The van der Waals surface area contributed by atoms with Gasteiger partial charge in [0.25, 0.3) is 0 Å². The van der Waals surface area contributed by atoms with Crippen LogP contribution in [0.3, 0.4) is 0 Å². The second kappa shape index (κ2) is 5.51. The van der Waals surface area contributed by atoms with Crippen LogP contribution < -0.4 is 0 Å². The number of rotatable bonds is 5. The molecule has 17 heavy (non-hydrogen) atoms. The second-order valence-corrected chi connectivity index (χ2v) is 4.09. The molecular weight excluding hydrogens is 212 g/mol. The van der Waals surface area contributed by atoms with E-state index in [-0.39, 0.29) is 0 Å². The van der Waals surface area contributed by atoms with Crippen molar-refractivity contribution in [1.29, 1.82) is 5.26 Å². The molecule has 1 aromatic carbocycles. The van der Waals surface area contributed by atoms with Gasteiger partial charge >= 0.3 is 0 Å².